The number of hydrogen-bond acceptors (Lipinski definition) is 4. The molecular formula is C18H29N4S+. The summed E-state index contributed by atoms with van der Waals surface area (Å²) < 4.78 is 0. The Balaban J connectivity index is 1.71. The Labute approximate surface area is 143 Å². The van der Waals surface area contributed by atoms with Crippen molar-refractivity contribution in [3.63, 3.8) is 0 Å². The molecule has 126 valence electrons. The van der Waals surface area contributed by atoms with E-state index in [1.807, 2.05) is 11.3 Å². The molecule has 0 aliphatic heterocycles. The Morgan fingerprint density at radius 2 is 2.13 bits per heavy atom. The molecule has 0 unspecified atom stereocenters. The molecule has 0 saturated carbocycles. The molecule has 23 heavy (non-hydrogen) atoms. The maximum absolute atomic E-state index is 4.54. The summed E-state index contributed by atoms with van der Waals surface area (Å²) in [5, 5.41) is 4.88. The standard InChI is InChI=1S/C18H28N4S/c1-4-22(5-2)10-6-9-19-17-16-14-8-7-13(3)11-15(14)23-18(16)21-12-20-17/h12-13H,4-11H2,1-3H3,(H,19,20,21)/p+1/t13-/m0/s1. The van der Waals surface area contributed by atoms with Gasteiger partial charge in [0.2, 0.25) is 0 Å². The van der Waals surface area contributed by atoms with Crippen molar-refractivity contribution in [2.75, 3.05) is 31.5 Å². The van der Waals surface area contributed by atoms with Crippen molar-refractivity contribution in [3.05, 3.63) is 16.8 Å². The highest BCUT2D eigenvalue weighted by Crippen LogP contribution is 2.39. The van der Waals surface area contributed by atoms with E-state index >= 15 is 0 Å². The lowest BCUT2D eigenvalue weighted by Gasteiger charge is -2.18. The number of hydrogen-bond donors (Lipinski definition) is 2. The van der Waals surface area contributed by atoms with Gasteiger partial charge >= 0.3 is 0 Å². The molecule has 2 aromatic heterocycles. The fourth-order valence-electron chi connectivity index (χ4n) is 3.56. The van der Waals surface area contributed by atoms with E-state index in [0.29, 0.717) is 0 Å². The first kappa shape index (κ1) is 16.7. The predicted octanol–water partition coefficient (Wildman–Crippen LogP) is 2.54. The van der Waals surface area contributed by atoms with Crippen molar-refractivity contribution < 1.29 is 4.90 Å². The molecule has 1 atom stereocenters. The molecule has 0 fully saturated rings. The number of quaternary nitrogens is 1. The van der Waals surface area contributed by atoms with Crippen LogP contribution in [0.25, 0.3) is 10.2 Å². The summed E-state index contributed by atoms with van der Waals surface area (Å²) in [6, 6.07) is 0. The Morgan fingerprint density at radius 3 is 2.91 bits per heavy atom. The average Bonchev–Trinajstić information content (AvgIpc) is 2.93. The molecular weight excluding hydrogens is 304 g/mol. The van der Waals surface area contributed by atoms with E-state index < -0.39 is 0 Å². The third-order valence-corrected chi connectivity index (χ3v) is 6.25. The smallest absolute Gasteiger partial charge is 0.138 e. The molecule has 5 heteroatoms. The van der Waals surface area contributed by atoms with Gasteiger partial charge in [0.1, 0.15) is 17.0 Å². The van der Waals surface area contributed by atoms with Gasteiger partial charge in [-0.05, 0) is 44.6 Å². The molecule has 4 nitrogen and oxygen atoms in total. The van der Waals surface area contributed by atoms with Crippen molar-refractivity contribution in [1.82, 2.24) is 9.97 Å². The second kappa shape index (κ2) is 7.58. The summed E-state index contributed by atoms with van der Waals surface area (Å²) in [5.74, 6) is 1.86. The molecule has 0 aromatic carbocycles. The minimum Gasteiger partial charge on any atom is -0.369 e. The Kier molecular flexibility index (Phi) is 5.49. The second-order valence-electron chi connectivity index (χ2n) is 6.74. The Bertz CT molecular complexity index is 648. The topological polar surface area (TPSA) is 42.2 Å². The van der Waals surface area contributed by atoms with Crippen LogP contribution in [-0.4, -0.2) is 36.1 Å². The Hall–Kier alpha value is -1.20. The first-order valence-electron chi connectivity index (χ1n) is 9.05. The van der Waals surface area contributed by atoms with Gasteiger partial charge in [0, 0.05) is 17.8 Å². The molecule has 0 saturated heterocycles. The van der Waals surface area contributed by atoms with Gasteiger partial charge in [-0.2, -0.15) is 0 Å². The highest BCUT2D eigenvalue weighted by Gasteiger charge is 2.22. The van der Waals surface area contributed by atoms with Gasteiger partial charge < -0.3 is 10.2 Å². The van der Waals surface area contributed by atoms with Crippen molar-refractivity contribution in [2.45, 2.75) is 46.5 Å². The highest BCUT2D eigenvalue weighted by molar-refractivity contribution is 7.19. The van der Waals surface area contributed by atoms with Crippen LogP contribution in [0, 0.1) is 5.92 Å². The number of fused-ring (bicyclic) bond motifs is 3. The molecule has 0 bridgehead atoms. The molecule has 0 spiro atoms. The largest absolute Gasteiger partial charge is 0.369 e. The molecule has 2 N–H and O–H groups in total. The maximum Gasteiger partial charge on any atom is 0.138 e. The van der Waals surface area contributed by atoms with Crippen molar-refractivity contribution in [2.24, 2.45) is 5.92 Å². The molecule has 1 aliphatic carbocycles. The van der Waals surface area contributed by atoms with Crippen LogP contribution in [-0.2, 0) is 12.8 Å². The Morgan fingerprint density at radius 1 is 1.30 bits per heavy atom. The van der Waals surface area contributed by atoms with Crippen molar-refractivity contribution in [3.8, 4) is 0 Å². The van der Waals surface area contributed by atoms with Gasteiger partial charge in [-0.25, -0.2) is 9.97 Å². The highest BCUT2D eigenvalue weighted by atomic mass is 32.1. The van der Waals surface area contributed by atoms with E-state index in [-0.39, 0.29) is 0 Å². The van der Waals surface area contributed by atoms with Crippen LogP contribution in [0.3, 0.4) is 0 Å². The van der Waals surface area contributed by atoms with Crippen LogP contribution in [0.1, 0.15) is 44.1 Å². The normalized spacial score (nSPS) is 17.7. The number of rotatable bonds is 7. The van der Waals surface area contributed by atoms with Gasteiger partial charge in [-0.15, -0.1) is 11.3 Å². The lowest BCUT2D eigenvalue weighted by molar-refractivity contribution is -0.896. The van der Waals surface area contributed by atoms with Gasteiger partial charge in [0.25, 0.3) is 0 Å². The first-order chi connectivity index (χ1) is 11.2. The number of aromatic nitrogens is 2. The summed E-state index contributed by atoms with van der Waals surface area (Å²) in [7, 11) is 0. The third kappa shape index (κ3) is 3.66. The SMILES string of the molecule is CC[NH+](CC)CCCNc1ncnc2sc3c(c12)CC[C@H](C)C3. The number of nitrogens with one attached hydrogen (secondary N) is 2. The fourth-order valence-corrected chi connectivity index (χ4v) is 4.91. The van der Waals surface area contributed by atoms with Gasteiger partial charge in [0.05, 0.1) is 25.0 Å². The summed E-state index contributed by atoms with van der Waals surface area (Å²) in [6.07, 6.45) is 6.58. The van der Waals surface area contributed by atoms with Crippen molar-refractivity contribution >= 4 is 27.4 Å². The van der Waals surface area contributed by atoms with E-state index in [1.54, 1.807) is 11.2 Å². The average molecular weight is 334 g/mol. The molecule has 0 radical (unpaired) electrons. The fraction of sp³-hybridized carbons (Fsp3) is 0.667. The summed E-state index contributed by atoms with van der Waals surface area (Å²) >= 11 is 1.87. The van der Waals surface area contributed by atoms with E-state index in [2.05, 4.69) is 36.1 Å². The van der Waals surface area contributed by atoms with Crippen LogP contribution >= 0.6 is 11.3 Å². The summed E-state index contributed by atoms with van der Waals surface area (Å²) in [4.78, 5) is 13.4. The number of aryl methyl sites for hydroxylation is 1. The molecule has 2 heterocycles. The van der Waals surface area contributed by atoms with Crippen LogP contribution in [0.15, 0.2) is 6.33 Å². The van der Waals surface area contributed by atoms with Gasteiger partial charge in [0.15, 0.2) is 0 Å². The van der Waals surface area contributed by atoms with Gasteiger partial charge in [-0.1, -0.05) is 6.92 Å². The molecule has 2 aromatic rings. The van der Waals surface area contributed by atoms with E-state index in [4.69, 9.17) is 0 Å². The van der Waals surface area contributed by atoms with Crippen molar-refractivity contribution in [1.29, 1.82) is 0 Å². The molecule has 0 amide bonds. The zero-order valence-electron chi connectivity index (χ0n) is 14.6. The minimum absolute atomic E-state index is 0.803. The maximum atomic E-state index is 4.54. The quantitative estimate of drug-likeness (QED) is 0.765. The first-order valence-corrected chi connectivity index (χ1v) is 9.87. The molecule has 3 rings (SSSR count). The van der Waals surface area contributed by atoms with E-state index in [9.17, 15) is 0 Å². The van der Waals surface area contributed by atoms with Crippen LogP contribution in [0.4, 0.5) is 5.82 Å². The number of thiophene rings is 1. The second-order valence-corrected chi connectivity index (χ2v) is 7.83. The summed E-state index contributed by atoms with van der Waals surface area (Å²) in [6.45, 7) is 11.5. The predicted molar refractivity (Wildman–Crippen MR) is 98.6 cm³/mol. The lowest BCUT2D eigenvalue weighted by atomic mass is 9.89. The minimum atomic E-state index is 0.803. The van der Waals surface area contributed by atoms with Crippen LogP contribution < -0.4 is 10.2 Å². The van der Waals surface area contributed by atoms with E-state index in [1.165, 1.54) is 61.1 Å². The van der Waals surface area contributed by atoms with E-state index in [0.717, 1.165) is 23.1 Å². The zero-order valence-corrected chi connectivity index (χ0v) is 15.4. The van der Waals surface area contributed by atoms with Crippen LogP contribution in [0.2, 0.25) is 0 Å². The lowest BCUT2D eigenvalue weighted by Crippen LogP contribution is -3.11. The third-order valence-electron chi connectivity index (χ3n) is 5.09. The number of nitrogens with zero attached hydrogens (tertiary/aromatic N) is 2. The zero-order chi connectivity index (χ0) is 16.2. The number of anilines is 1. The summed E-state index contributed by atoms with van der Waals surface area (Å²) in [5.41, 5.74) is 1.51. The molecule has 1 aliphatic rings. The van der Waals surface area contributed by atoms with Gasteiger partial charge in [-0.3, -0.25) is 0 Å². The monoisotopic (exact) mass is 333 g/mol. The van der Waals surface area contributed by atoms with Crippen LogP contribution in [0.5, 0.6) is 0 Å².